The quantitative estimate of drug-likeness (QED) is 0.580. The number of ether oxygens (including phenoxy) is 2. The molecule has 0 radical (unpaired) electrons. The zero-order valence-corrected chi connectivity index (χ0v) is 14.9. The molecule has 0 amide bonds. The predicted octanol–water partition coefficient (Wildman–Crippen LogP) is 2.53. The summed E-state index contributed by atoms with van der Waals surface area (Å²) in [4.78, 5) is 24.5. The van der Waals surface area contributed by atoms with Crippen molar-refractivity contribution in [1.82, 2.24) is 0 Å². The summed E-state index contributed by atoms with van der Waals surface area (Å²) in [6.45, 7) is 1.44. The highest BCUT2D eigenvalue weighted by Gasteiger charge is 2.24. The first-order valence-corrected chi connectivity index (χ1v) is 9.31. The van der Waals surface area contributed by atoms with Gasteiger partial charge in [0, 0.05) is 11.8 Å². The Labute approximate surface area is 146 Å². The van der Waals surface area contributed by atoms with Gasteiger partial charge in [0.05, 0.1) is 17.6 Å². The number of sulfone groups is 1. The largest absolute Gasteiger partial charge is 0.497 e. The number of hydrogen-bond donors (Lipinski definition) is 0. The summed E-state index contributed by atoms with van der Waals surface area (Å²) in [5, 5.41) is 0. The van der Waals surface area contributed by atoms with Crippen molar-refractivity contribution in [3.63, 3.8) is 0 Å². The van der Waals surface area contributed by atoms with Crippen LogP contribution in [0.3, 0.4) is 0 Å². The molecular weight excluding hydrogens is 344 g/mol. The van der Waals surface area contributed by atoms with Crippen molar-refractivity contribution in [2.75, 3.05) is 13.4 Å². The van der Waals surface area contributed by atoms with Crippen LogP contribution < -0.4 is 4.74 Å². The van der Waals surface area contributed by atoms with Crippen molar-refractivity contribution >= 4 is 21.6 Å². The minimum absolute atomic E-state index is 0.0978. The van der Waals surface area contributed by atoms with Crippen molar-refractivity contribution in [2.24, 2.45) is 0 Å². The lowest BCUT2D eigenvalue weighted by molar-refractivity contribution is 0.0315. The third-order valence-corrected chi connectivity index (χ3v) is 4.69. The molecule has 0 heterocycles. The molecule has 25 heavy (non-hydrogen) atoms. The molecule has 0 N–H and O–H groups in total. The molecule has 1 atom stereocenters. The molecule has 2 aromatic carbocycles. The molecule has 132 valence electrons. The van der Waals surface area contributed by atoms with E-state index in [1.54, 1.807) is 24.3 Å². The van der Waals surface area contributed by atoms with Crippen LogP contribution in [0, 0.1) is 0 Å². The Kier molecular flexibility index (Phi) is 5.58. The van der Waals surface area contributed by atoms with Crippen molar-refractivity contribution < 1.29 is 27.5 Å². The smallest absolute Gasteiger partial charge is 0.340 e. The van der Waals surface area contributed by atoms with E-state index in [9.17, 15) is 18.0 Å². The summed E-state index contributed by atoms with van der Waals surface area (Å²) < 4.78 is 33.7. The minimum atomic E-state index is -3.59. The SMILES string of the molecule is COc1ccc(C(=O)[C@@H](C)OC(=O)c2ccccc2S(C)(=O)=O)cc1. The van der Waals surface area contributed by atoms with Gasteiger partial charge in [-0.2, -0.15) is 0 Å². The van der Waals surface area contributed by atoms with Crippen molar-refractivity contribution in [3.8, 4) is 5.75 Å². The Hall–Kier alpha value is -2.67. The summed E-state index contributed by atoms with van der Waals surface area (Å²) in [7, 11) is -2.08. The minimum Gasteiger partial charge on any atom is -0.497 e. The van der Waals surface area contributed by atoms with Crippen LogP contribution in [0.4, 0.5) is 0 Å². The lowest BCUT2D eigenvalue weighted by Gasteiger charge is -2.14. The van der Waals surface area contributed by atoms with Gasteiger partial charge in [-0.05, 0) is 43.3 Å². The first kappa shape index (κ1) is 18.7. The maximum Gasteiger partial charge on any atom is 0.340 e. The van der Waals surface area contributed by atoms with Gasteiger partial charge < -0.3 is 9.47 Å². The van der Waals surface area contributed by atoms with Gasteiger partial charge in [-0.3, -0.25) is 4.79 Å². The third-order valence-electron chi connectivity index (χ3n) is 3.53. The molecule has 0 aliphatic heterocycles. The second-order valence-electron chi connectivity index (χ2n) is 5.41. The fourth-order valence-electron chi connectivity index (χ4n) is 2.23. The molecule has 7 heteroatoms. The molecule has 0 fully saturated rings. The average molecular weight is 362 g/mol. The molecule has 0 aromatic heterocycles. The van der Waals surface area contributed by atoms with E-state index >= 15 is 0 Å². The standard InChI is InChI=1S/C18H18O6S/c1-12(17(19)13-8-10-14(23-2)11-9-13)24-18(20)15-6-4-5-7-16(15)25(3,21)22/h4-12H,1-3H3/t12-/m1/s1. The number of hydrogen-bond acceptors (Lipinski definition) is 6. The van der Waals surface area contributed by atoms with Gasteiger partial charge in [0.2, 0.25) is 5.78 Å². The summed E-state index contributed by atoms with van der Waals surface area (Å²) in [5.41, 5.74) is 0.261. The van der Waals surface area contributed by atoms with Crippen LogP contribution in [0.2, 0.25) is 0 Å². The first-order chi connectivity index (χ1) is 11.7. The van der Waals surface area contributed by atoms with Gasteiger partial charge in [-0.25, -0.2) is 13.2 Å². The molecule has 0 bridgehead atoms. The van der Waals surface area contributed by atoms with Gasteiger partial charge in [-0.15, -0.1) is 0 Å². The molecule has 0 aliphatic rings. The van der Waals surface area contributed by atoms with Gasteiger partial charge in [0.25, 0.3) is 0 Å². The first-order valence-electron chi connectivity index (χ1n) is 7.42. The van der Waals surface area contributed by atoms with E-state index in [0.717, 1.165) is 6.26 Å². The van der Waals surface area contributed by atoms with E-state index in [2.05, 4.69) is 0 Å². The normalized spacial score (nSPS) is 12.3. The van der Waals surface area contributed by atoms with E-state index in [4.69, 9.17) is 9.47 Å². The third kappa shape index (κ3) is 4.45. The Morgan fingerprint density at radius 2 is 1.60 bits per heavy atom. The average Bonchev–Trinajstić information content (AvgIpc) is 2.60. The Balaban J connectivity index is 2.19. The number of rotatable bonds is 6. The number of benzene rings is 2. The lowest BCUT2D eigenvalue weighted by Crippen LogP contribution is -2.25. The van der Waals surface area contributed by atoms with Crippen LogP contribution in [-0.2, 0) is 14.6 Å². The number of esters is 1. The Morgan fingerprint density at radius 1 is 1.00 bits per heavy atom. The maximum absolute atomic E-state index is 12.4. The van der Waals surface area contributed by atoms with Crippen molar-refractivity contribution in [1.29, 1.82) is 0 Å². The summed E-state index contributed by atoms with van der Waals surface area (Å²) in [5.74, 6) is -0.661. The van der Waals surface area contributed by atoms with E-state index in [-0.39, 0.29) is 10.5 Å². The van der Waals surface area contributed by atoms with Crippen LogP contribution in [-0.4, -0.2) is 39.6 Å². The van der Waals surface area contributed by atoms with Gasteiger partial charge >= 0.3 is 5.97 Å². The molecule has 0 unspecified atom stereocenters. The van der Waals surface area contributed by atoms with E-state index in [1.165, 1.54) is 38.3 Å². The second-order valence-corrected chi connectivity index (χ2v) is 7.39. The maximum atomic E-state index is 12.4. The highest BCUT2D eigenvalue weighted by atomic mass is 32.2. The molecule has 2 rings (SSSR count). The number of carbonyl (C=O) groups is 2. The zero-order chi connectivity index (χ0) is 18.6. The monoisotopic (exact) mass is 362 g/mol. The van der Waals surface area contributed by atoms with E-state index in [0.29, 0.717) is 11.3 Å². The second kappa shape index (κ2) is 7.48. The lowest BCUT2D eigenvalue weighted by atomic mass is 10.1. The Morgan fingerprint density at radius 3 is 2.16 bits per heavy atom. The van der Waals surface area contributed by atoms with Crippen molar-refractivity contribution in [2.45, 2.75) is 17.9 Å². The highest BCUT2D eigenvalue weighted by Crippen LogP contribution is 2.18. The van der Waals surface area contributed by atoms with Gasteiger partial charge in [0.1, 0.15) is 5.75 Å². The molecule has 6 nitrogen and oxygen atoms in total. The van der Waals surface area contributed by atoms with E-state index < -0.39 is 27.7 Å². The predicted molar refractivity (Wildman–Crippen MR) is 91.8 cm³/mol. The fourth-order valence-corrected chi connectivity index (χ4v) is 3.10. The molecule has 0 spiro atoms. The molecule has 0 saturated carbocycles. The van der Waals surface area contributed by atoms with Crippen LogP contribution in [0.5, 0.6) is 5.75 Å². The zero-order valence-electron chi connectivity index (χ0n) is 14.1. The topological polar surface area (TPSA) is 86.7 Å². The Bertz CT molecular complexity index is 884. The number of ketones is 1. The number of Topliss-reactive ketones (excluding diaryl/α,β-unsaturated/α-hetero) is 1. The number of carbonyl (C=O) groups excluding carboxylic acids is 2. The molecule has 0 aliphatic carbocycles. The van der Waals surface area contributed by atoms with Gasteiger partial charge in [0.15, 0.2) is 15.9 Å². The van der Waals surface area contributed by atoms with Crippen LogP contribution in [0.15, 0.2) is 53.4 Å². The van der Waals surface area contributed by atoms with Crippen molar-refractivity contribution in [3.05, 3.63) is 59.7 Å². The van der Waals surface area contributed by atoms with Crippen LogP contribution >= 0.6 is 0 Å². The molecule has 2 aromatic rings. The van der Waals surface area contributed by atoms with Crippen LogP contribution in [0.1, 0.15) is 27.6 Å². The van der Waals surface area contributed by atoms with Crippen LogP contribution in [0.25, 0.3) is 0 Å². The highest BCUT2D eigenvalue weighted by molar-refractivity contribution is 7.90. The fraction of sp³-hybridized carbons (Fsp3) is 0.222. The molecule has 0 saturated heterocycles. The summed E-state index contributed by atoms with van der Waals surface area (Å²) >= 11 is 0. The summed E-state index contributed by atoms with van der Waals surface area (Å²) in [6, 6.07) is 12.1. The van der Waals surface area contributed by atoms with Gasteiger partial charge in [-0.1, -0.05) is 12.1 Å². The summed E-state index contributed by atoms with van der Waals surface area (Å²) in [6.07, 6.45) is -0.0566. The van der Waals surface area contributed by atoms with E-state index in [1.807, 2.05) is 0 Å². The number of methoxy groups -OCH3 is 1. The molecular formula is C18H18O6S.